The first-order chi connectivity index (χ1) is 15.8. The van der Waals surface area contributed by atoms with Crippen LogP contribution in [0.3, 0.4) is 0 Å². The van der Waals surface area contributed by atoms with Crippen LogP contribution in [0.1, 0.15) is 55.7 Å². The van der Waals surface area contributed by atoms with Gasteiger partial charge in [-0.05, 0) is 91.6 Å². The largest absolute Gasteiger partial charge is 0.489 e. The molecule has 5 rings (SSSR count). The van der Waals surface area contributed by atoms with Gasteiger partial charge in [-0.2, -0.15) is 0 Å². The lowest BCUT2D eigenvalue weighted by molar-refractivity contribution is 0.0340. The van der Waals surface area contributed by atoms with Gasteiger partial charge in [0, 0.05) is 5.54 Å². The van der Waals surface area contributed by atoms with E-state index < -0.39 is 0 Å². The van der Waals surface area contributed by atoms with Gasteiger partial charge in [-0.15, -0.1) is 12.4 Å². The van der Waals surface area contributed by atoms with Crippen LogP contribution in [0.2, 0.25) is 0 Å². The lowest BCUT2D eigenvalue weighted by Crippen LogP contribution is -2.55. The molecule has 0 saturated carbocycles. The zero-order chi connectivity index (χ0) is 21.8. The Bertz CT molecular complexity index is 1030. The van der Waals surface area contributed by atoms with Crippen LogP contribution in [0.5, 0.6) is 5.75 Å². The molecule has 3 aromatic carbocycles. The zero-order valence-corrected chi connectivity index (χ0v) is 20.6. The van der Waals surface area contributed by atoms with Crippen molar-refractivity contribution in [1.82, 2.24) is 4.90 Å². The minimum atomic E-state index is 0. The predicted molar refractivity (Wildman–Crippen MR) is 140 cm³/mol. The van der Waals surface area contributed by atoms with E-state index in [9.17, 15) is 0 Å². The number of likely N-dealkylation sites (tertiary alicyclic amines) is 1. The van der Waals surface area contributed by atoms with E-state index in [1.54, 1.807) is 5.56 Å². The SMILES string of the molecule is CCCN1CCCCC12CCc1cc(OCc3ccc(-c4ccccc4)cc3)ccc1C2.Cl. The van der Waals surface area contributed by atoms with Gasteiger partial charge in [0.2, 0.25) is 0 Å². The number of halogens is 1. The van der Waals surface area contributed by atoms with Crippen molar-refractivity contribution in [1.29, 1.82) is 0 Å². The summed E-state index contributed by atoms with van der Waals surface area (Å²) in [5.41, 5.74) is 7.15. The Morgan fingerprint density at radius 3 is 2.42 bits per heavy atom. The molecule has 0 N–H and O–H groups in total. The number of hydrogen-bond donors (Lipinski definition) is 0. The maximum atomic E-state index is 6.19. The van der Waals surface area contributed by atoms with E-state index in [1.165, 1.54) is 80.3 Å². The number of ether oxygens (including phenoxy) is 1. The van der Waals surface area contributed by atoms with Crippen molar-refractivity contribution < 1.29 is 4.74 Å². The summed E-state index contributed by atoms with van der Waals surface area (Å²) < 4.78 is 6.19. The minimum Gasteiger partial charge on any atom is -0.489 e. The molecule has 3 aromatic rings. The molecule has 1 atom stereocenters. The Labute approximate surface area is 205 Å². The van der Waals surface area contributed by atoms with Gasteiger partial charge in [-0.3, -0.25) is 4.90 Å². The number of nitrogens with zero attached hydrogens (tertiary/aromatic N) is 1. The van der Waals surface area contributed by atoms with Crippen molar-refractivity contribution in [3.63, 3.8) is 0 Å². The summed E-state index contributed by atoms with van der Waals surface area (Å²) in [5, 5.41) is 0. The van der Waals surface area contributed by atoms with Crippen molar-refractivity contribution in [2.45, 2.75) is 64.0 Å². The first kappa shape index (κ1) is 23.9. The molecule has 2 aliphatic rings. The third kappa shape index (κ3) is 5.28. The van der Waals surface area contributed by atoms with Crippen LogP contribution >= 0.6 is 12.4 Å². The van der Waals surface area contributed by atoms with E-state index in [0.717, 1.165) is 5.75 Å². The third-order valence-electron chi connectivity index (χ3n) is 7.51. The summed E-state index contributed by atoms with van der Waals surface area (Å²) in [5.74, 6) is 1.00. The van der Waals surface area contributed by atoms with E-state index >= 15 is 0 Å². The highest BCUT2D eigenvalue weighted by atomic mass is 35.5. The Morgan fingerprint density at radius 1 is 0.848 bits per heavy atom. The molecule has 1 saturated heterocycles. The Hall–Kier alpha value is -2.29. The summed E-state index contributed by atoms with van der Waals surface area (Å²) in [6, 6.07) is 26.1. The Balaban J connectivity index is 0.00000259. The molecule has 0 radical (unpaired) electrons. The summed E-state index contributed by atoms with van der Waals surface area (Å²) in [4.78, 5) is 2.81. The topological polar surface area (TPSA) is 12.5 Å². The molecule has 3 heteroatoms. The van der Waals surface area contributed by atoms with Gasteiger partial charge in [-0.25, -0.2) is 0 Å². The van der Waals surface area contributed by atoms with Gasteiger partial charge in [-0.1, -0.05) is 74.0 Å². The molecule has 0 aromatic heterocycles. The molecule has 1 aliphatic heterocycles. The molecule has 33 heavy (non-hydrogen) atoms. The van der Waals surface area contributed by atoms with E-state index in [4.69, 9.17) is 4.74 Å². The van der Waals surface area contributed by atoms with E-state index in [1.807, 2.05) is 0 Å². The first-order valence-electron chi connectivity index (χ1n) is 12.4. The lowest BCUT2D eigenvalue weighted by atomic mass is 9.72. The third-order valence-corrected chi connectivity index (χ3v) is 7.51. The van der Waals surface area contributed by atoms with Crippen molar-refractivity contribution in [3.05, 3.63) is 89.5 Å². The predicted octanol–water partition coefficient (Wildman–Crippen LogP) is 7.48. The average molecular weight is 462 g/mol. The second kappa shape index (κ2) is 10.8. The molecule has 1 spiro atoms. The Kier molecular flexibility index (Phi) is 7.78. The average Bonchev–Trinajstić information content (AvgIpc) is 2.85. The van der Waals surface area contributed by atoms with Gasteiger partial charge >= 0.3 is 0 Å². The second-order valence-corrected chi connectivity index (χ2v) is 9.63. The molecular formula is C30H36ClNO. The molecule has 174 valence electrons. The van der Waals surface area contributed by atoms with Crippen molar-refractivity contribution in [2.75, 3.05) is 13.1 Å². The fraction of sp³-hybridized carbons (Fsp3) is 0.400. The quantitative estimate of drug-likeness (QED) is 0.377. The first-order valence-corrected chi connectivity index (χ1v) is 12.4. The van der Waals surface area contributed by atoms with E-state index in [-0.39, 0.29) is 12.4 Å². The highest BCUT2D eigenvalue weighted by molar-refractivity contribution is 5.85. The van der Waals surface area contributed by atoms with Crippen LogP contribution in [0, 0.1) is 0 Å². The summed E-state index contributed by atoms with van der Waals surface area (Å²) >= 11 is 0. The van der Waals surface area contributed by atoms with Crippen LogP contribution in [0.15, 0.2) is 72.8 Å². The van der Waals surface area contributed by atoms with E-state index in [0.29, 0.717) is 12.1 Å². The van der Waals surface area contributed by atoms with Gasteiger partial charge in [0.25, 0.3) is 0 Å². The molecular weight excluding hydrogens is 426 g/mol. The summed E-state index contributed by atoms with van der Waals surface area (Å²) in [6.45, 7) is 5.47. The van der Waals surface area contributed by atoms with Gasteiger partial charge in [0.1, 0.15) is 12.4 Å². The number of hydrogen-bond acceptors (Lipinski definition) is 2. The fourth-order valence-electron chi connectivity index (χ4n) is 5.75. The number of aryl methyl sites for hydroxylation is 1. The molecule has 0 amide bonds. The van der Waals surface area contributed by atoms with E-state index in [2.05, 4.69) is 84.6 Å². The van der Waals surface area contributed by atoms with Crippen molar-refractivity contribution >= 4 is 12.4 Å². The molecule has 1 aliphatic carbocycles. The molecule has 0 bridgehead atoms. The van der Waals surface area contributed by atoms with Crippen molar-refractivity contribution in [3.8, 4) is 16.9 Å². The maximum Gasteiger partial charge on any atom is 0.120 e. The molecule has 2 nitrogen and oxygen atoms in total. The zero-order valence-electron chi connectivity index (χ0n) is 19.8. The van der Waals surface area contributed by atoms with Crippen LogP contribution in [-0.4, -0.2) is 23.5 Å². The van der Waals surface area contributed by atoms with Crippen LogP contribution in [0.4, 0.5) is 0 Å². The fourth-order valence-corrected chi connectivity index (χ4v) is 5.75. The van der Waals surface area contributed by atoms with Gasteiger partial charge in [0.05, 0.1) is 0 Å². The monoisotopic (exact) mass is 461 g/mol. The molecule has 1 heterocycles. The highest BCUT2D eigenvalue weighted by Gasteiger charge is 2.40. The van der Waals surface area contributed by atoms with Crippen LogP contribution in [-0.2, 0) is 19.4 Å². The maximum absolute atomic E-state index is 6.19. The smallest absolute Gasteiger partial charge is 0.120 e. The number of fused-ring (bicyclic) bond motifs is 1. The Morgan fingerprint density at radius 2 is 1.64 bits per heavy atom. The number of benzene rings is 3. The minimum absolute atomic E-state index is 0. The molecule has 1 unspecified atom stereocenters. The summed E-state index contributed by atoms with van der Waals surface area (Å²) in [6.07, 6.45) is 9.07. The standard InChI is InChI=1S/C30H35NO.ClH/c1-2-19-31-20-7-6-17-30(31)18-16-27-21-29(15-14-28(27)22-30)32-23-24-10-12-26(13-11-24)25-8-4-3-5-9-25;/h3-5,8-15,21H,2,6-7,16-20,22-23H2,1H3;1H. The van der Waals surface area contributed by atoms with Crippen molar-refractivity contribution in [2.24, 2.45) is 0 Å². The molecule has 1 fully saturated rings. The van der Waals surface area contributed by atoms with Gasteiger partial charge < -0.3 is 4.74 Å². The summed E-state index contributed by atoms with van der Waals surface area (Å²) in [7, 11) is 0. The van der Waals surface area contributed by atoms with Gasteiger partial charge in [0.15, 0.2) is 0 Å². The highest BCUT2D eigenvalue weighted by Crippen LogP contribution is 2.40. The normalized spacial score (nSPS) is 20.2. The van der Waals surface area contributed by atoms with Crippen LogP contribution in [0.25, 0.3) is 11.1 Å². The number of rotatable bonds is 6. The van der Waals surface area contributed by atoms with Crippen LogP contribution < -0.4 is 4.74 Å². The second-order valence-electron chi connectivity index (χ2n) is 9.63. The number of piperidine rings is 1. The lowest BCUT2D eigenvalue weighted by Gasteiger charge is -2.50.